The quantitative estimate of drug-likeness (QED) is 0.775. The zero-order chi connectivity index (χ0) is 13.6. The summed E-state index contributed by atoms with van der Waals surface area (Å²) in [6.45, 7) is 7.01. The molecule has 0 N–H and O–H groups in total. The van der Waals surface area contributed by atoms with Gasteiger partial charge >= 0.3 is 0 Å². The Morgan fingerprint density at radius 2 is 1.68 bits per heavy atom. The summed E-state index contributed by atoms with van der Waals surface area (Å²) in [5.41, 5.74) is 5.92. The summed E-state index contributed by atoms with van der Waals surface area (Å²) < 4.78 is 14.6. The van der Waals surface area contributed by atoms with E-state index >= 15 is 0 Å². The summed E-state index contributed by atoms with van der Waals surface area (Å²) in [7, 11) is -1.08. The average Bonchev–Trinajstić information content (AvgIpc) is 2.66. The second kappa shape index (κ2) is 4.49. The molecular weight excluding hydrogens is 254 g/mol. The van der Waals surface area contributed by atoms with Crippen LogP contribution in [0.25, 0.3) is 0 Å². The van der Waals surface area contributed by atoms with Crippen LogP contribution in [0.1, 0.15) is 22.3 Å². The monoisotopic (exact) mass is 271 g/mol. The Morgan fingerprint density at radius 3 is 2.32 bits per heavy atom. The summed E-state index contributed by atoms with van der Waals surface area (Å²) in [6.07, 6.45) is 0. The summed E-state index contributed by atoms with van der Waals surface area (Å²) in [6, 6.07) is 12.3. The Hall–Kier alpha value is -1.61. The molecular formula is C16H17NOS. The molecule has 3 rings (SSSR count). The molecule has 1 aliphatic rings. The Bertz CT molecular complexity index is 655. The highest BCUT2D eigenvalue weighted by Gasteiger charge is 2.28. The van der Waals surface area contributed by atoms with Gasteiger partial charge in [0.15, 0.2) is 11.0 Å². The molecule has 98 valence electrons. The standard InChI is InChI=1S/C16H17NOS/c1-11-8-12(2)16(13(3)9-11)17-10-14-6-4-5-7-15(14)19(17)18/h4-9H,10H2,1-3H3. The van der Waals surface area contributed by atoms with Crippen LogP contribution in [-0.4, -0.2) is 4.21 Å². The Balaban J connectivity index is 2.10. The van der Waals surface area contributed by atoms with Crippen molar-refractivity contribution < 1.29 is 4.21 Å². The van der Waals surface area contributed by atoms with Crippen molar-refractivity contribution in [1.29, 1.82) is 0 Å². The summed E-state index contributed by atoms with van der Waals surface area (Å²) >= 11 is 0. The molecule has 0 spiro atoms. The molecule has 0 fully saturated rings. The van der Waals surface area contributed by atoms with Crippen LogP contribution in [0, 0.1) is 20.8 Å². The third kappa shape index (κ3) is 1.98. The van der Waals surface area contributed by atoms with Crippen LogP contribution in [-0.2, 0) is 17.5 Å². The molecule has 0 saturated carbocycles. The van der Waals surface area contributed by atoms with E-state index in [1.165, 1.54) is 22.3 Å². The number of fused-ring (bicyclic) bond motifs is 1. The van der Waals surface area contributed by atoms with E-state index in [0.717, 1.165) is 17.1 Å². The molecule has 0 aliphatic carbocycles. The SMILES string of the molecule is Cc1cc(C)c(N2Cc3ccccc3S2=O)c(C)c1. The second-order valence-electron chi connectivity index (χ2n) is 5.14. The zero-order valence-electron chi connectivity index (χ0n) is 11.4. The van der Waals surface area contributed by atoms with Gasteiger partial charge in [-0.3, -0.25) is 4.31 Å². The second-order valence-corrected chi connectivity index (χ2v) is 6.52. The lowest BCUT2D eigenvalue weighted by molar-refractivity contribution is 0.683. The molecule has 1 heterocycles. The van der Waals surface area contributed by atoms with E-state index in [2.05, 4.69) is 39.0 Å². The predicted molar refractivity (Wildman–Crippen MR) is 79.7 cm³/mol. The molecule has 3 heteroatoms. The van der Waals surface area contributed by atoms with Gasteiger partial charge in [0.25, 0.3) is 0 Å². The smallest absolute Gasteiger partial charge is 0.153 e. The Morgan fingerprint density at radius 1 is 1.05 bits per heavy atom. The molecule has 0 aromatic heterocycles. The third-order valence-electron chi connectivity index (χ3n) is 3.56. The highest BCUT2D eigenvalue weighted by Crippen LogP contribution is 2.35. The molecule has 2 nitrogen and oxygen atoms in total. The molecule has 0 amide bonds. The maximum atomic E-state index is 12.6. The van der Waals surface area contributed by atoms with Gasteiger partial charge in [-0.2, -0.15) is 0 Å². The summed E-state index contributed by atoms with van der Waals surface area (Å²) in [5.74, 6) is 0. The topological polar surface area (TPSA) is 20.3 Å². The zero-order valence-corrected chi connectivity index (χ0v) is 12.3. The van der Waals surface area contributed by atoms with Crippen molar-refractivity contribution in [2.24, 2.45) is 0 Å². The van der Waals surface area contributed by atoms with E-state index in [4.69, 9.17) is 0 Å². The van der Waals surface area contributed by atoms with E-state index in [1.54, 1.807) is 0 Å². The minimum Gasteiger partial charge on any atom is -0.283 e. The van der Waals surface area contributed by atoms with E-state index in [0.29, 0.717) is 0 Å². The predicted octanol–water partition coefficient (Wildman–Crippen LogP) is 3.65. The molecule has 0 bridgehead atoms. The molecule has 0 radical (unpaired) electrons. The van der Waals surface area contributed by atoms with Crippen LogP contribution in [0.5, 0.6) is 0 Å². The van der Waals surface area contributed by atoms with Gasteiger partial charge in [-0.15, -0.1) is 0 Å². The molecule has 1 atom stereocenters. The molecule has 1 unspecified atom stereocenters. The fourth-order valence-corrected chi connectivity index (χ4v) is 4.36. The van der Waals surface area contributed by atoms with Crippen molar-refractivity contribution in [3.05, 3.63) is 58.7 Å². The lowest BCUT2D eigenvalue weighted by Gasteiger charge is -2.21. The van der Waals surface area contributed by atoms with Crippen LogP contribution >= 0.6 is 0 Å². The fraction of sp³-hybridized carbons (Fsp3) is 0.250. The van der Waals surface area contributed by atoms with E-state index in [-0.39, 0.29) is 0 Å². The van der Waals surface area contributed by atoms with Crippen LogP contribution < -0.4 is 4.31 Å². The van der Waals surface area contributed by atoms with Crippen LogP contribution in [0.2, 0.25) is 0 Å². The lowest BCUT2D eigenvalue weighted by Crippen LogP contribution is -2.20. The Kier molecular flexibility index (Phi) is 2.94. The number of anilines is 1. The normalized spacial score (nSPS) is 17.6. The average molecular weight is 271 g/mol. The highest BCUT2D eigenvalue weighted by molar-refractivity contribution is 7.86. The number of rotatable bonds is 1. The van der Waals surface area contributed by atoms with Crippen LogP contribution in [0.4, 0.5) is 5.69 Å². The van der Waals surface area contributed by atoms with Gasteiger partial charge in [0, 0.05) is 0 Å². The van der Waals surface area contributed by atoms with E-state index < -0.39 is 11.0 Å². The van der Waals surface area contributed by atoms with Gasteiger partial charge in [0.2, 0.25) is 0 Å². The minimum atomic E-state index is -1.08. The molecule has 19 heavy (non-hydrogen) atoms. The number of nitrogens with zero attached hydrogens (tertiary/aromatic N) is 1. The minimum absolute atomic E-state index is 0.730. The van der Waals surface area contributed by atoms with Gasteiger partial charge in [-0.05, 0) is 43.5 Å². The molecule has 0 saturated heterocycles. The first-order valence-corrected chi connectivity index (χ1v) is 7.54. The van der Waals surface area contributed by atoms with Crippen molar-refractivity contribution >= 4 is 16.7 Å². The number of benzene rings is 2. The number of aryl methyl sites for hydroxylation is 3. The third-order valence-corrected chi connectivity index (χ3v) is 5.05. The molecule has 2 aromatic rings. The maximum Gasteiger partial charge on any atom is 0.153 e. The largest absolute Gasteiger partial charge is 0.283 e. The highest BCUT2D eigenvalue weighted by atomic mass is 32.2. The number of hydrogen-bond donors (Lipinski definition) is 0. The van der Waals surface area contributed by atoms with Crippen LogP contribution in [0.15, 0.2) is 41.3 Å². The van der Waals surface area contributed by atoms with Gasteiger partial charge < -0.3 is 0 Å². The maximum absolute atomic E-state index is 12.6. The van der Waals surface area contributed by atoms with Crippen molar-refractivity contribution in [3.63, 3.8) is 0 Å². The van der Waals surface area contributed by atoms with E-state index in [9.17, 15) is 4.21 Å². The fourth-order valence-electron chi connectivity index (χ4n) is 2.86. The number of hydrogen-bond acceptors (Lipinski definition) is 1. The van der Waals surface area contributed by atoms with Crippen molar-refractivity contribution in [2.75, 3.05) is 4.31 Å². The van der Waals surface area contributed by atoms with Crippen molar-refractivity contribution in [3.8, 4) is 0 Å². The first kappa shape index (κ1) is 12.4. The first-order chi connectivity index (χ1) is 9.08. The lowest BCUT2D eigenvalue weighted by atomic mass is 10.0. The van der Waals surface area contributed by atoms with Gasteiger partial charge in [-0.25, -0.2) is 4.21 Å². The van der Waals surface area contributed by atoms with Gasteiger partial charge in [0.05, 0.1) is 17.1 Å². The van der Waals surface area contributed by atoms with Crippen LogP contribution in [0.3, 0.4) is 0 Å². The van der Waals surface area contributed by atoms with Crippen molar-refractivity contribution in [2.45, 2.75) is 32.2 Å². The summed E-state index contributed by atoms with van der Waals surface area (Å²) in [5, 5.41) is 0. The van der Waals surface area contributed by atoms with Gasteiger partial charge in [0.1, 0.15) is 0 Å². The van der Waals surface area contributed by atoms with Crippen molar-refractivity contribution in [1.82, 2.24) is 0 Å². The van der Waals surface area contributed by atoms with Gasteiger partial charge in [-0.1, -0.05) is 35.9 Å². The molecule has 2 aromatic carbocycles. The summed E-state index contributed by atoms with van der Waals surface area (Å²) in [4.78, 5) is 0.946. The molecule has 1 aliphatic heterocycles. The van der Waals surface area contributed by atoms with E-state index in [1.807, 2.05) is 22.5 Å². The first-order valence-electron chi connectivity index (χ1n) is 6.43. The Labute approximate surface area is 116 Å².